The van der Waals surface area contributed by atoms with Crippen LogP contribution in [0.1, 0.15) is 54.8 Å². The Morgan fingerprint density at radius 1 is 1.09 bits per heavy atom. The van der Waals surface area contributed by atoms with Crippen molar-refractivity contribution in [2.24, 2.45) is 0 Å². The molecule has 228 valence electrons. The molecule has 43 heavy (non-hydrogen) atoms. The first-order valence-electron chi connectivity index (χ1n) is 15.6. The van der Waals surface area contributed by atoms with Crippen LogP contribution in [0.3, 0.4) is 0 Å². The second-order valence-corrected chi connectivity index (χ2v) is 11.4. The second kappa shape index (κ2) is 15.4. The van der Waals surface area contributed by atoms with Crippen molar-refractivity contribution in [3.05, 3.63) is 95.8 Å². The molecule has 0 aliphatic carbocycles. The molecule has 3 N–H and O–H groups in total. The van der Waals surface area contributed by atoms with Gasteiger partial charge >= 0.3 is 5.97 Å². The summed E-state index contributed by atoms with van der Waals surface area (Å²) in [5, 5.41) is 16.8. The van der Waals surface area contributed by atoms with Gasteiger partial charge in [-0.3, -0.25) is 4.90 Å². The van der Waals surface area contributed by atoms with E-state index >= 15 is 0 Å². The Kier molecular flexibility index (Phi) is 10.9. The van der Waals surface area contributed by atoms with Gasteiger partial charge in [-0.05, 0) is 81.3 Å². The lowest BCUT2D eigenvalue weighted by Crippen LogP contribution is -2.41. The second-order valence-electron chi connectivity index (χ2n) is 11.4. The number of nitrogens with zero attached hydrogens (tertiary/aromatic N) is 2. The predicted octanol–water partition coefficient (Wildman–Crippen LogP) is 5.66. The van der Waals surface area contributed by atoms with E-state index < -0.39 is 12.0 Å². The molecule has 0 amide bonds. The van der Waals surface area contributed by atoms with Crippen molar-refractivity contribution >= 4 is 11.8 Å². The van der Waals surface area contributed by atoms with Crippen LogP contribution >= 0.6 is 0 Å². The number of para-hydroxylation sites is 2. The number of anilines is 1. The topological polar surface area (TPSA) is 96.0 Å². The average Bonchev–Trinajstić information content (AvgIpc) is 3.04. The van der Waals surface area contributed by atoms with Crippen molar-refractivity contribution < 1.29 is 19.4 Å². The summed E-state index contributed by atoms with van der Waals surface area (Å²) in [7, 11) is 0. The van der Waals surface area contributed by atoms with Crippen LogP contribution in [0.25, 0.3) is 0 Å². The van der Waals surface area contributed by atoms with E-state index in [1.54, 1.807) is 0 Å². The molecule has 3 heterocycles. The molecular formula is C35H44N4O4. The van der Waals surface area contributed by atoms with Gasteiger partial charge in [-0.25, -0.2) is 9.78 Å². The van der Waals surface area contributed by atoms with Crippen LogP contribution in [-0.4, -0.2) is 66.4 Å². The molecule has 0 bridgehead atoms. The quantitative estimate of drug-likeness (QED) is 0.186. The number of fused-ring (bicyclic) bond motifs is 2. The highest BCUT2D eigenvalue weighted by Gasteiger charge is 2.27. The van der Waals surface area contributed by atoms with E-state index in [-0.39, 0.29) is 5.92 Å². The summed E-state index contributed by atoms with van der Waals surface area (Å²) in [4.78, 5) is 19.5. The monoisotopic (exact) mass is 584 g/mol. The van der Waals surface area contributed by atoms with Crippen LogP contribution in [0.5, 0.6) is 11.5 Å². The number of aryl methyl sites for hydroxylation is 2. The number of carboxylic acid groups (broad SMARTS) is 1. The van der Waals surface area contributed by atoms with E-state index in [2.05, 4.69) is 34.2 Å². The minimum atomic E-state index is -0.867. The van der Waals surface area contributed by atoms with Crippen molar-refractivity contribution in [2.45, 2.75) is 56.9 Å². The first-order valence-corrected chi connectivity index (χ1v) is 15.6. The van der Waals surface area contributed by atoms with Crippen molar-refractivity contribution in [1.29, 1.82) is 0 Å². The fraction of sp³-hybridized carbons (Fsp3) is 0.429. The summed E-state index contributed by atoms with van der Waals surface area (Å²) in [5.74, 6) is 1.89. The molecule has 8 heteroatoms. The van der Waals surface area contributed by atoms with Gasteiger partial charge in [0.1, 0.15) is 30.0 Å². The number of unbranched alkanes of at least 4 members (excludes halogenated alkanes) is 1. The fourth-order valence-corrected chi connectivity index (χ4v) is 5.89. The first-order chi connectivity index (χ1) is 21.1. The number of allylic oxidation sites excluding steroid dienone is 1. The summed E-state index contributed by atoms with van der Waals surface area (Å²) in [6.07, 6.45) is 6.42. The first kappa shape index (κ1) is 30.4. The van der Waals surface area contributed by atoms with Crippen molar-refractivity contribution in [2.75, 3.05) is 44.7 Å². The number of hydrogen-bond donors (Lipinski definition) is 3. The minimum absolute atomic E-state index is 0.0228. The normalized spacial score (nSPS) is 16.3. The molecule has 2 aliphatic heterocycles. The lowest BCUT2D eigenvalue weighted by Gasteiger charge is -2.30. The number of carbonyl (C=O) groups is 1. The standard InChI is InChI=1S/C35H44N4O4/c1-26(30-19-24-43-33-15-6-5-14-31(30)33)37-32(35(40)41)18-22-39(23-25-42-29-12-3-2-4-13-29)21-8-7-11-28-17-16-27-10-9-20-36-34(27)38-28/h2-6,12-17,30,32,37H,1,7-11,18-25H2,(H,36,38)(H,40,41). The Morgan fingerprint density at radius 3 is 2.79 bits per heavy atom. The third-order valence-corrected chi connectivity index (χ3v) is 8.30. The van der Waals surface area contributed by atoms with Crippen LogP contribution in [0.4, 0.5) is 5.82 Å². The highest BCUT2D eigenvalue weighted by molar-refractivity contribution is 5.73. The summed E-state index contributed by atoms with van der Waals surface area (Å²) < 4.78 is 11.8. The van der Waals surface area contributed by atoms with Crippen LogP contribution in [0.15, 0.2) is 79.0 Å². The number of benzene rings is 2. The largest absolute Gasteiger partial charge is 0.493 e. The smallest absolute Gasteiger partial charge is 0.326 e. The maximum Gasteiger partial charge on any atom is 0.326 e. The SMILES string of the molecule is C=C(NC(CCN(CCCCc1ccc2c(n1)NCCC2)CCOc1ccccc1)C(=O)O)C1CCOc2ccccc21. The maximum atomic E-state index is 12.3. The van der Waals surface area contributed by atoms with E-state index in [4.69, 9.17) is 14.5 Å². The van der Waals surface area contributed by atoms with Gasteiger partial charge in [-0.15, -0.1) is 0 Å². The zero-order valence-corrected chi connectivity index (χ0v) is 25.0. The predicted molar refractivity (Wildman–Crippen MR) is 170 cm³/mol. The number of hydrogen-bond acceptors (Lipinski definition) is 7. The van der Waals surface area contributed by atoms with Gasteiger partial charge in [0.25, 0.3) is 0 Å². The van der Waals surface area contributed by atoms with E-state index in [0.717, 1.165) is 92.4 Å². The third kappa shape index (κ3) is 8.74. The van der Waals surface area contributed by atoms with Gasteiger partial charge in [0.2, 0.25) is 0 Å². The summed E-state index contributed by atoms with van der Waals surface area (Å²) in [6, 6.07) is 21.4. The lowest BCUT2D eigenvalue weighted by atomic mass is 9.90. The number of aromatic nitrogens is 1. The van der Waals surface area contributed by atoms with Crippen molar-refractivity contribution in [3.8, 4) is 11.5 Å². The van der Waals surface area contributed by atoms with Gasteiger partial charge in [0.05, 0.1) is 6.61 Å². The van der Waals surface area contributed by atoms with Crippen molar-refractivity contribution in [1.82, 2.24) is 15.2 Å². The zero-order valence-electron chi connectivity index (χ0n) is 25.0. The van der Waals surface area contributed by atoms with Gasteiger partial charge in [-0.2, -0.15) is 0 Å². The highest BCUT2D eigenvalue weighted by Crippen LogP contribution is 2.36. The molecule has 5 rings (SSSR count). The highest BCUT2D eigenvalue weighted by atomic mass is 16.5. The molecule has 3 aromatic rings. The van der Waals surface area contributed by atoms with Crippen LogP contribution in [0, 0.1) is 0 Å². The number of nitrogens with one attached hydrogen (secondary N) is 2. The number of ether oxygens (including phenoxy) is 2. The van der Waals surface area contributed by atoms with Gasteiger partial charge in [0.15, 0.2) is 0 Å². The molecular weight excluding hydrogens is 540 g/mol. The van der Waals surface area contributed by atoms with Gasteiger partial charge < -0.3 is 25.2 Å². The van der Waals surface area contributed by atoms with Crippen LogP contribution in [-0.2, 0) is 17.6 Å². The number of aliphatic carboxylic acids is 1. The third-order valence-electron chi connectivity index (χ3n) is 8.30. The summed E-state index contributed by atoms with van der Waals surface area (Å²) >= 11 is 0. The Morgan fingerprint density at radius 2 is 1.93 bits per heavy atom. The summed E-state index contributed by atoms with van der Waals surface area (Å²) in [6.45, 7) is 8.60. The Hall–Kier alpha value is -4.04. The van der Waals surface area contributed by atoms with Crippen molar-refractivity contribution in [3.63, 3.8) is 0 Å². The molecule has 2 unspecified atom stereocenters. The van der Waals surface area contributed by atoms with Crippen LogP contribution < -0.4 is 20.1 Å². The Bertz CT molecular complexity index is 1350. The molecule has 1 aromatic heterocycles. The van der Waals surface area contributed by atoms with Crippen LogP contribution in [0.2, 0.25) is 0 Å². The molecule has 0 saturated carbocycles. The van der Waals surface area contributed by atoms with Gasteiger partial charge in [-0.1, -0.05) is 49.0 Å². The zero-order chi connectivity index (χ0) is 29.9. The fourth-order valence-electron chi connectivity index (χ4n) is 5.89. The minimum Gasteiger partial charge on any atom is -0.493 e. The molecule has 0 spiro atoms. The van der Waals surface area contributed by atoms with E-state index in [0.29, 0.717) is 26.2 Å². The molecule has 2 atom stereocenters. The maximum absolute atomic E-state index is 12.3. The lowest BCUT2D eigenvalue weighted by molar-refractivity contribution is -0.139. The number of pyridine rings is 1. The summed E-state index contributed by atoms with van der Waals surface area (Å²) in [5.41, 5.74) is 4.22. The number of carboxylic acids is 1. The average molecular weight is 585 g/mol. The molecule has 2 aliphatic rings. The van der Waals surface area contributed by atoms with Gasteiger partial charge in [0, 0.05) is 42.5 Å². The molecule has 0 saturated heterocycles. The van der Waals surface area contributed by atoms with E-state index in [1.165, 1.54) is 5.56 Å². The Balaban J connectivity index is 1.15. The Labute approximate surface area is 255 Å². The van der Waals surface area contributed by atoms with E-state index in [1.807, 2.05) is 54.6 Å². The molecule has 2 aromatic carbocycles. The molecule has 8 nitrogen and oxygen atoms in total. The van der Waals surface area contributed by atoms with E-state index in [9.17, 15) is 9.90 Å². The molecule has 0 radical (unpaired) electrons. The molecule has 0 fully saturated rings. The number of rotatable bonds is 16.